The molecule has 0 spiro atoms. The molecule has 0 saturated heterocycles. The second-order valence-corrected chi connectivity index (χ2v) is 8.41. The maximum Gasteiger partial charge on any atom is 0.254 e. The second-order valence-electron chi connectivity index (χ2n) is 7.49. The lowest BCUT2D eigenvalue weighted by atomic mass is 9.97. The van der Waals surface area contributed by atoms with E-state index in [1.165, 1.54) is 16.7 Å². The molecule has 0 fully saturated rings. The number of aryl methyl sites for hydroxylation is 2. The number of pyridine rings is 2. The van der Waals surface area contributed by atoms with Crippen molar-refractivity contribution in [1.82, 2.24) is 14.5 Å². The summed E-state index contributed by atoms with van der Waals surface area (Å²) in [5.74, 6) is 0.563. The van der Waals surface area contributed by atoms with Gasteiger partial charge in [-0.2, -0.15) is 0 Å². The minimum atomic E-state index is -0.0519. The van der Waals surface area contributed by atoms with E-state index in [1.54, 1.807) is 23.0 Å². The lowest BCUT2D eigenvalue weighted by Gasteiger charge is -2.25. The van der Waals surface area contributed by atoms with Crippen LogP contribution < -0.4 is 10.3 Å². The van der Waals surface area contributed by atoms with E-state index in [0.717, 1.165) is 36.1 Å². The van der Waals surface area contributed by atoms with Gasteiger partial charge < -0.3 is 14.2 Å². The molecule has 0 atom stereocenters. The molecule has 0 N–H and O–H groups in total. The third kappa shape index (κ3) is 5.14. The number of ether oxygens (including phenoxy) is 1. The van der Waals surface area contributed by atoms with Gasteiger partial charge in [0.15, 0.2) is 0 Å². The van der Waals surface area contributed by atoms with Crippen LogP contribution in [0.15, 0.2) is 64.1 Å². The summed E-state index contributed by atoms with van der Waals surface area (Å²) in [7, 11) is 2.16. The van der Waals surface area contributed by atoms with Gasteiger partial charge in [0.1, 0.15) is 12.4 Å². The number of likely N-dealkylation sites (N-methyl/N-ethyl adjacent to an activating group) is 1. The molecule has 1 aromatic carbocycles. The van der Waals surface area contributed by atoms with Crippen molar-refractivity contribution in [2.45, 2.75) is 32.5 Å². The van der Waals surface area contributed by atoms with Crippen molar-refractivity contribution in [2.24, 2.45) is 0 Å². The molecule has 0 amide bonds. The topological polar surface area (TPSA) is 47.4 Å². The average Bonchev–Trinajstić information content (AvgIpc) is 2.72. The summed E-state index contributed by atoms with van der Waals surface area (Å²) in [4.78, 5) is 19.1. The molecule has 6 heteroatoms. The molecule has 3 aromatic rings. The van der Waals surface area contributed by atoms with E-state index in [0.29, 0.717) is 18.9 Å². The van der Waals surface area contributed by atoms with Crippen LogP contribution in [0.2, 0.25) is 0 Å². The van der Waals surface area contributed by atoms with Crippen LogP contribution in [-0.2, 0) is 32.5 Å². The first-order chi connectivity index (χ1) is 14.1. The van der Waals surface area contributed by atoms with Crippen LogP contribution in [0.1, 0.15) is 22.4 Å². The highest BCUT2D eigenvalue weighted by Gasteiger charge is 2.13. The minimum absolute atomic E-state index is 0.0519. The van der Waals surface area contributed by atoms with Crippen LogP contribution in [0, 0.1) is 0 Å². The standard InChI is InChI=1S/C23H24BrN3O2/c1-26-9-7-18-3-2-17(12-19(18)15-26)6-10-27-11-8-22(13-23(27)28)29-16-21-5-4-20(24)14-25-21/h2-5,8,11-14H,6-7,9-10,15-16H2,1H3. The Morgan fingerprint density at radius 3 is 2.83 bits per heavy atom. The van der Waals surface area contributed by atoms with E-state index in [9.17, 15) is 4.79 Å². The van der Waals surface area contributed by atoms with Crippen LogP contribution in [0.3, 0.4) is 0 Å². The summed E-state index contributed by atoms with van der Waals surface area (Å²) >= 11 is 3.36. The van der Waals surface area contributed by atoms with Gasteiger partial charge in [0.2, 0.25) is 0 Å². The van der Waals surface area contributed by atoms with Crippen molar-refractivity contribution >= 4 is 15.9 Å². The van der Waals surface area contributed by atoms with Gasteiger partial charge in [0, 0.05) is 42.6 Å². The fourth-order valence-corrected chi connectivity index (χ4v) is 3.80. The number of rotatable bonds is 6. The lowest BCUT2D eigenvalue weighted by molar-refractivity contribution is 0.300. The van der Waals surface area contributed by atoms with Gasteiger partial charge in [-0.3, -0.25) is 9.78 Å². The molecule has 3 heterocycles. The van der Waals surface area contributed by atoms with Crippen molar-refractivity contribution in [3.63, 3.8) is 0 Å². The predicted molar refractivity (Wildman–Crippen MR) is 117 cm³/mol. The Bertz CT molecular complexity index is 1050. The Morgan fingerprint density at radius 1 is 1.14 bits per heavy atom. The Hall–Kier alpha value is -2.44. The van der Waals surface area contributed by atoms with Crippen LogP contribution in [-0.4, -0.2) is 28.0 Å². The molecule has 150 valence electrons. The van der Waals surface area contributed by atoms with Gasteiger partial charge in [-0.25, -0.2) is 0 Å². The van der Waals surface area contributed by atoms with Crippen molar-refractivity contribution in [3.8, 4) is 5.75 Å². The first-order valence-corrected chi connectivity index (χ1v) is 10.6. The van der Waals surface area contributed by atoms with Gasteiger partial charge >= 0.3 is 0 Å². The van der Waals surface area contributed by atoms with E-state index in [4.69, 9.17) is 4.74 Å². The largest absolute Gasteiger partial charge is 0.487 e. The van der Waals surface area contributed by atoms with Crippen molar-refractivity contribution in [2.75, 3.05) is 13.6 Å². The monoisotopic (exact) mass is 453 g/mol. The van der Waals surface area contributed by atoms with E-state index < -0.39 is 0 Å². The van der Waals surface area contributed by atoms with Crippen LogP contribution >= 0.6 is 15.9 Å². The van der Waals surface area contributed by atoms with E-state index in [2.05, 4.69) is 51.1 Å². The predicted octanol–water partition coefficient (Wildman–Crippen LogP) is 3.82. The molecule has 2 aromatic heterocycles. The molecule has 0 unspecified atom stereocenters. The molecule has 1 aliphatic heterocycles. The molecule has 5 nitrogen and oxygen atoms in total. The summed E-state index contributed by atoms with van der Waals surface area (Å²) in [6.07, 6.45) is 5.48. The first-order valence-electron chi connectivity index (χ1n) is 9.80. The SMILES string of the molecule is CN1CCc2ccc(CCn3ccc(OCc4ccc(Br)cn4)cc3=O)cc2C1. The number of halogens is 1. The average molecular weight is 454 g/mol. The summed E-state index contributed by atoms with van der Waals surface area (Å²) in [6, 6.07) is 13.9. The molecular weight excluding hydrogens is 430 g/mol. The Kier molecular flexibility index (Phi) is 6.11. The molecule has 1 aliphatic rings. The first kappa shape index (κ1) is 19.9. The number of hydrogen-bond acceptors (Lipinski definition) is 4. The Labute approximate surface area is 179 Å². The maximum atomic E-state index is 12.4. The summed E-state index contributed by atoms with van der Waals surface area (Å²) < 4.78 is 8.37. The van der Waals surface area contributed by atoms with Gasteiger partial charge in [-0.1, -0.05) is 18.2 Å². The smallest absolute Gasteiger partial charge is 0.254 e. The number of hydrogen-bond donors (Lipinski definition) is 0. The molecule has 0 radical (unpaired) electrons. The maximum absolute atomic E-state index is 12.4. The number of nitrogens with zero attached hydrogens (tertiary/aromatic N) is 3. The van der Waals surface area contributed by atoms with E-state index in [1.807, 2.05) is 18.2 Å². The molecule has 0 bridgehead atoms. The third-order valence-corrected chi connectivity index (χ3v) is 5.73. The van der Waals surface area contributed by atoms with Crippen LogP contribution in [0.25, 0.3) is 0 Å². The molecule has 0 aliphatic carbocycles. The highest BCUT2D eigenvalue weighted by molar-refractivity contribution is 9.10. The van der Waals surface area contributed by atoms with Crippen LogP contribution in [0.5, 0.6) is 5.75 Å². The Balaban J connectivity index is 1.36. The van der Waals surface area contributed by atoms with Gasteiger partial charge in [0.05, 0.1) is 5.69 Å². The fourth-order valence-electron chi connectivity index (χ4n) is 3.57. The van der Waals surface area contributed by atoms with Crippen molar-refractivity contribution < 1.29 is 4.74 Å². The zero-order valence-electron chi connectivity index (χ0n) is 16.5. The van der Waals surface area contributed by atoms with E-state index >= 15 is 0 Å². The summed E-state index contributed by atoms with van der Waals surface area (Å²) in [5, 5.41) is 0. The molecule has 0 saturated carbocycles. The Morgan fingerprint density at radius 2 is 2.03 bits per heavy atom. The quantitative estimate of drug-likeness (QED) is 0.569. The highest BCUT2D eigenvalue weighted by Crippen LogP contribution is 2.20. The number of fused-ring (bicyclic) bond motifs is 1. The van der Waals surface area contributed by atoms with Crippen molar-refractivity contribution in [1.29, 1.82) is 0 Å². The minimum Gasteiger partial charge on any atom is -0.487 e. The molecule has 29 heavy (non-hydrogen) atoms. The van der Waals surface area contributed by atoms with Gasteiger partial charge in [0.25, 0.3) is 5.56 Å². The lowest BCUT2D eigenvalue weighted by Crippen LogP contribution is -2.26. The fraction of sp³-hybridized carbons (Fsp3) is 0.304. The van der Waals surface area contributed by atoms with Crippen molar-refractivity contribution in [3.05, 3.63) is 92.1 Å². The van der Waals surface area contributed by atoms with Crippen LogP contribution in [0.4, 0.5) is 0 Å². The van der Waals surface area contributed by atoms with Gasteiger partial charge in [-0.15, -0.1) is 0 Å². The van der Waals surface area contributed by atoms with E-state index in [-0.39, 0.29) is 5.56 Å². The number of aromatic nitrogens is 2. The highest BCUT2D eigenvalue weighted by atomic mass is 79.9. The number of benzene rings is 1. The zero-order valence-corrected chi connectivity index (χ0v) is 18.1. The zero-order chi connectivity index (χ0) is 20.2. The molecule has 4 rings (SSSR count). The summed E-state index contributed by atoms with van der Waals surface area (Å²) in [6.45, 7) is 3.11. The second kappa shape index (κ2) is 8.93. The summed E-state index contributed by atoms with van der Waals surface area (Å²) in [5.41, 5.74) is 4.90. The van der Waals surface area contributed by atoms with Gasteiger partial charge in [-0.05, 0) is 70.7 Å². The molecular formula is C23H24BrN3O2. The normalized spacial score (nSPS) is 13.9. The third-order valence-electron chi connectivity index (χ3n) is 5.26.